The summed E-state index contributed by atoms with van der Waals surface area (Å²) >= 11 is 0. The summed E-state index contributed by atoms with van der Waals surface area (Å²) in [5, 5.41) is 14.0. The molecule has 0 spiro atoms. The molecule has 10 heteroatoms. The summed E-state index contributed by atoms with van der Waals surface area (Å²) in [6, 6.07) is 19.0. The van der Waals surface area contributed by atoms with Crippen LogP contribution in [0.4, 0.5) is 0 Å². The molecule has 0 fully saturated rings. The number of hydrogen-bond donors (Lipinski definition) is 3. The van der Waals surface area contributed by atoms with Gasteiger partial charge >= 0.3 is 0 Å². The third-order valence-corrected chi connectivity index (χ3v) is 5.39. The number of hydrogen-bond acceptors (Lipinski definition) is 7. The van der Waals surface area contributed by atoms with E-state index in [0.717, 1.165) is 0 Å². The molecule has 2 amide bonds. The number of nitrogens with zero attached hydrogens (tertiary/aromatic N) is 2. The van der Waals surface area contributed by atoms with Crippen molar-refractivity contribution in [3.8, 4) is 11.5 Å². The zero-order valence-corrected chi connectivity index (χ0v) is 19.5. The molecule has 1 aromatic heterocycles. The molecule has 1 unspecified atom stereocenters. The zero-order chi connectivity index (χ0) is 25.5. The van der Waals surface area contributed by atoms with Crippen molar-refractivity contribution in [2.75, 3.05) is 14.2 Å². The van der Waals surface area contributed by atoms with Crippen molar-refractivity contribution in [3.63, 3.8) is 0 Å². The molecule has 36 heavy (non-hydrogen) atoms. The van der Waals surface area contributed by atoms with E-state index in [1.54, 1.807) is 79.9 Å². The largest absolute Gasteiger partial charge is 0.497 e. The zero-order valence-electron chi connectivity index (χ0n) is 19.5. The van der Waals surface area contributed by atoms with Gasteiger partial charge in [0.05, 0.1) is 25.8 Å². The minimum Gasteiger partial charge on any atom is -0.497 e. The van der Waals surface area contributed by atoms with Gasteiger partial charge in [-0.15, -0.1) is 0 Å². The molecular weight excluding hydrogens is 462 g/mol. The Labute approximate surface area is 206 Å². The van der Waals surface area contributed by atoms with E-state index < -0.39 is 23.4 Å². The molecule has 0 bridgehead atoms. The highest BCUT2D eigenvalue weighted by molar-refractivity contribution is 5.99. The number of carbonyl (C=O) groups is 2. The minimum absolute atomic E-state index is 0.171. The lowest BCUT2D eigenvalue weighted by molar-refractivity contribution is -0.123. The first kappa shape index (κ1) is 24.1. The fourth-order valence-electron chi connectivity index (χ4n) is 3.57. The fraction of sp³-hybridized carbons (Fsp3) is 0.115. The van der Waals surface area contributed by atoms with Crippen LogP contribution in [0.5, 0.6) is 11.5 Å². The summed E-state index contributed by atoms with van der Waals surface area (Å²) in [7, 11) is 3.05. The molecule has 0 saturated heterocycles. The molecule has 0 radical (unpaired) electrons. The average Bonchev–Trinajstić information content (AvgIpc) is 2.92. The van der Waals surface area contributed by atoms with Crippen LogP contribution >= 0.6 is 0 Å². The average molecular weight is 486 g/mol. The van der Waals surface area contributed by atoms with Crippen LogP contribution < -0.4 is 25.8 Å². The van der Waals surface area contributed by atoms with Gasteiger partial charge in [0.2, 0.25) is 0 Å². The molecule has 3 N–H and O–H groups in total. The lowest BCUT2D eigenvalue weighted by Gasteiger charge is -2.18. The topological polar surface area (TPSA) is 135 Å². The fourth-order valence-corrected chi connectivity index (χ4v) is 3.57. The third-order valence-electron chi connectivity index (χ3n) is 5.39. The number of fused-ring (bicyclic) bond motifs is 1. The molecule has 1 heterocycles. The number of aromatic nitrogens is 2. The predicted molar refractivity (Wildman–Crippen MR) is 134 cm³/mol. The Hall–Kier alpha value is -4.99. The van der Waals surface area contributed by atoms with Crippen LogP contribution in [0, 0.1) is 0 Å². The molecule has 4 rings (SSSR count). The first-order chi connectivity index (χ1) is 17.5. The molecule has 10 nitrogen and oxygen atoms in total. The Bertz CT molecular complexity index is 1480. The summed E-state index contributed by atoms with van der Waals surface area (Å²) in [5.41, 5.74) is 3.15. The van der Waals surface area contributed by atoms with Crippen molar-refractivity contribution in [3.05, 3.63) is 100.0 Å². The second kappa shape index (κ2) is 11.0. The van der Waals surface area contributed by atoms with Crippen molar-refractivity contribution in [2.24, 2.45) is 5.10 Å². The van der Waals surface area contributed by atoms with Crippen LogP contribution in [0.2, 0.25) is 0 Å². The summed E-state index contributed by atoms with van der Waals surface area (Å²) < 4.78 is 10.5. The van der Waals surface area contributed by atoms with Crippen molar-refractivity contribution in [2.45, 2.75) is 6.04 Å². The van der Waals surface area contributed by atoms with Crippen molar-refractivity contribution in [1.29, 1.82) is 0 Å². The Balaban J connectivity index is 1.66. The number of benzene rings is 3. The SMILES string of the molecule is COc1ccc(C=NNC(=O)C(NC(=O)c2ccccc2)c2n[nH]c(=O)c3ccccc23)c(OC)c1. The van der Waals surface area contributed by atoms with E-state index in [9.17, 15) is 14.4 Å². The van der Waals surface area contributed by atoms with Crippen molar-refractivity contribution < 1.29 is 19.1 Å². The normalized spacial score (nSPS) is 11.7. The number of aromatic amines is 1. The summed E-state index contributed by atoms with van der Waals surface area (Å²) in [6.45, 7) is 0. The van der Waals surface area contributed by atoms with Crippen LogP contribution in [0.15, 0.2) is 82.7 Å². The van der Waals surface area contributed by atoms with Gasteiger partial charge in [-0.25, -0.2) is 10.5 Å². The van der Waals surface area contributed by atoms with Crippen molar-refractivity contribution in [1.82, 2.24) is 20.9 Å². The van der Waals surface area contributed by atoms with Crippen LogP contribution in [-0.2, 0) is 4.79 Å². The second-order valence-corrected chi connectivity index (χ2v) is 7.60. The van der Waals surface area contributed by atoms with Gasteiger partial charge in [0, 0.05) is 22.6 Å². The van der Waals surface area contributed by atoms with E-state index in [4.69, 9.17) is 9.47 Å². The van der Waals surface area contributed by atoms with E-state index in [2.05, 4.69) is 26.0 Å². The Morgan fingerprint density at radius 3 is 2.42 bits per heavy atom. The number of rotatable bonds is 8. The number of ether oxygens (including phenoxy) is 2. The lowest BCUT2D eigenvalue weighted by atomic mass is 10.0. The maximum atomic E-state index is 13.3. The van der Waals surface area contributed by atoms with Gasteiger partial charge in [-0.1, -0.05) is 36.4 Å². The summed E-state index contributed by atoms with van der Waals surface area (Å²) in [4.78, 5) is 38.4. The molecule has 3 aromatic carbocycles. The van der Waals surface area contributed by atoms with Gasteiger partial charge in [0.15, 0.2) is 6.04 Å². The number of hydrazone groups is 1. The van der Waals surface area contributed by atoms with E-state index >= 15 is 0 Å². The third kappa shape index (κ3) is 5.22. The molecule has 182 valence electrons. The lowest BCUT2D eigenvalue weighted by Crippen LogP contribution is -2.40. The Morgan fingerprint density at radius 2 is 1.69 bits per heavy atom. The molecule has 0 aliphatic carbocycles. The summed E-state index contributed by atoms with van der Waals surface area (Å²) in [5.74, 6) is -0.0522. The molecule has 0 aliphatic heterocycles. The van der Waals surface area contributed by atoms with E-state index in [1.807, 2.05) is 0 Å². The van der Waals surface area contributed by atoms with E-state index in [0.29, 0.717) is 33.4 Å². The highest BCUT2D eigenvalue weighted by Gasteiger charge is 2.27. The Kier molecular flexibility index (Phi) is 7.35. The second-order valence-electron chi connectivity index (χ2n) is 7.60. The number of nitrogens with one attached hydrogen (secondary N) is 3. The number of amides is 2. The molecular formula is C26H23N5O5. The van der Waals surface area contributed by atoms with Crippen LogP contribution in [0.3, 0.4) is 0 Å². The van der Waals surface area contributed by atoms with Gasteiger partial charge in [-0.3, -0.25) is 14.4 Å². The van der Waals surface area contributed by atoms with E-state index in [1.165, 1.54) is 13.3 Å². The molecule has 4 aromatic rings. The highest BCUT2D eigenvalue weighted by atomic mass is 16.5. The minimum atomic E-state index is -1.26. The molecule has 0 aliphatic rings. The number of carbonyl (C=O) groups excluding carboxylic acids is 2. The number of methoxy groups -OCH3 is 2. The van der Waals surface area contributed by atoms with Gasteiger partial charge in [-0.2, -0.15) is 10.2 Å². The monoisotopic (exact) mass is 485 g/mol. The van der Waals surface area contributed by atoms with Gasteiger partial charge < -0.3 is 14.8 Å². The Morgan fingerprint density at radius 1 is 0.972 bits per heavy atom. The van der Waals surface area contributed by atoms with E-state index in [-0.39, 0.29) is 5.69 Å². The quantitative estimate of drug-likeness (QED) is 0.259. The highest BCUT2D eigenvalue weighted by Crippen LogP contribution is 2.23. The first-order valence-corrected chi connectivity index (χ1v) is 10.9. The maximum absolute atomic E-state index is 13.3. The molecule has 0 saturated carbocycles. The van der Waals surface area contributed by atoms with Gasteiger partial charge in [0.25, 0.3) is 17.4 Å². The first-order valence-electron chi connectivity index (χ1n) is 10.9. The van der Waals surface area contributed by atoms with Crippen LogP contribution in [0.25, 0.3) is 10.8 Å². The van der Waals surface area contributed by atoms with Crippen LogP contribution in [-0.4, -0.2) is 42.4 Å². The van der Waals surface area contributed by atoms with Gasteiger partial charge in [0.1, 0.15) is 17.2 Å². The van der Waals surface area contributed by atoms with Crippen LogP contribution in [0.1, 0.15) is 27.7 Å². The predicted octanol–water partition coefficient (Wildman–Crippen LogP) is 2.56. The maximum Gasteiger partial charge on any atom is 0.272 e. The number of H-pyrrole nitrogens is 1. The molecule has 1 atom stereocenters. The smallest absolute Gasteiger partial charge is 0.272 e. The van der Waals surface area contributed by atoms with Crippen molar-refractivity contribution >= 4 is 28.8 Å². The standard InChI is InChI=1S/C26H23N5O5/c1-35-18-13-12-17(21(14-18)36-2)15-27-30-26(34)23(28-24(32)16-8-4-3-5-9-16)22-19-10-6-7-11-20(19)25(33)31-29-22/h3-15,23H,1-2H3,(H,28,32)(H,30,34)(H,31,33). The summed E-state index contributed by atoms with van der Waals surface area (Å²) in [6.07, 6.45) is 1.41. The van der Waals surface area contributed by atoms with Gasteiger partial charge in [-0.05, 0) is 30.3 Å².